The first-order chi connectivity index (χ1) is 12.5. The molecule has 26 heavy (non-hydrogen) atoms. The van der Waals surface area contributed by atoms with E-state index in [9.17, 15) is 9.59 Å². The lowest BCUT2D eigenvalue weighted by Crippen LogP contribution is -2.52. The van der Waals surface area contributed by atoms with Gasteiger partial charge in [-0.05, 0) is 31.9 Å². The lowest BCUT2D eigenvalue weighted by molar-refractivity contribution is -0.125. The Hall–Kier alpha value is -2.28. The summed E-state index contributed by atoms with van der Waals surface area (Å²) in [6, 6.07) is 3.65. The third-order valence-electron chi connectivity index (χ3n) is 5.77. The zero-order valence-electron chi connectivity index (χ0n) is 15.2. The number of hydrogen-bond donors (Lipinski definition) is 3. The SMILES string of the molecule is COc1cc(CNC[C@@H]2CCC[C@]23NC(=O)NC3=O)c2c(c1)C[C@H](C)O2. The summed E-state index contributed by atoms with van der Waals surface area (Å²) in [5.41, 5.74) is 1.50. The largest absolute Gasteiger partial charge is 0.497 e. The number of imide groups is 1. The second-order valence-corrected chi connectivity index (χ2v) is 7.51. The third-order valence-corrected chi connectivity index (χ3v) is 5.77. The van der Waals surface area contributed by atoms with Gasteiger partial charge in [0.15, 0.2) is 0 Å². The number of ether oxygens (including phenoxy) is 2. The molecule has 7 heteroatoms. The lowest BCUT2D eigenvalue weighted by atomic mass is 9.87. The predicted octanol–water partition coefficient (Wildman–Crippen LogP) is 1.49. The number of urea groups is 1. The number of benzene rings is 1. The molecule has 1 aliphatic carbocycles. The number of amides is 3. The van der Waals surface area contributed by atoms with Crippen LogP contribution in [-0.2, 0) is 17.8 Å². The maximum atomic E-state index is 12.3. The molecule has 3 aliphatic rings. The Morgan fingerprint density at radius 1 is 1.38 bits per heavy atom. The zero-order valence-corrected chi connectivity index (χ0v) is 15.2. The maximum Gasteiger partial charge on any atom is 0.322 e. The van der Waals surface area contributed by atoms with Gasteiger partial charge in [-0.1, -0.05) is 6.42 Å². The molecule has 1 aromatic rings. The molecule has 0 unspecified atom stereocenters. The number of rotatable bonds is 5. The molecule has 1 saturated carbocycles. The molecule has 3 N–H and O–H groups in total. The van der Waals surface area contributed by atoms with Gasteiger partial charge >= 0.3 is 6.03 Å². The van der Waals surface area contributed by atoms with E-state index in [1.807, 2.05) is 12.1 Å². The molecule has 2 aliphatic heterocycles. The molecule has 4 rings (SSSR count). The standard InChI is InChI=1S/C19H25N3O4/c1-11-6-12-7-15(25-2)8-13(16(12)26-11)9-20-10-14-4-3-5-19(14)17(23)21-18(24)22-19/h7-8,11,14,20H,3-6,9-10H2,1-2H3,(H2,21,22,23,24)/t11-,14-,19-/m0/s1. The van der Waals surface area contributed by atoms with Crippen LogP contribution >= 0.6 is 0 Å². The highest BCUT2D eigenvalue weighted by Gasteiger charge is 2.53. The zero-order chi connectivity index (χ0) is 18.3. The van der Waals surface area contributed by atoms with Gasteiger partial charge in [0.2, 0.25) is 0 Å². The van der Waals surface area contributed by atoms with E-state index in [2.05, 4.69) is 22.9 Å². The maximum absolute atomic E-state index is 12.3. The van der Waals surface area contributed by atoms with Crippen molar-refractivity contribution in [2.24, 2.45) is 5.92 Å². The van der Waals surface area contributed by atoms with Gasteiger partial charge in [0, 0.05) is 36.6 Å². The number of fused-ring (bicyclic) bond motifs is 1. The highest BCUT2D eigenvalue weighted by molar-refractivity contribution is 6.07. The van der Waals surface area contributed by atoms with Crippen LogP contribution in [0.15, 0.2) is 12.1 Å². The number of nitrogens with one attached hydrogen (secondary N) is 3. The van der Waals surface area contributed by atoms with Crippen LogP contribution < -0.4 is 25.4 Å². The molecular weight excluding hydrogens is 334 g/mol. The number of carbonyl (C=O) groups excluding carboxylic acids is 2. The van der Waals surface area contributed by atoms with Crippen molar-refractivity contribution < 1.29 is 19.1 Å². The molecule has 0 radical (unpaired) electrons. The summed E-state index contributed by atoms with van der Waals surface area (Å²) in [7, 11) is 1.67. The fourth-order valence-corrected chi connectivity index (χ4v) is 4.53. The first kappa shape index (κ1) is 17.1. The van der Waals surface area contributed by atoms with Crippen LogP contribution in [0.5, 0.6) is 11.5 Å². The van der Waals surface area contributed by atoms with Crippen molar-refractivity contribution in [3.05, 3.63) is 23.3 Å². The molecule has 3 amide bonds. The van der Waals surface area contributed by atoms with E-state index in [-0.39, 0.29) is 24.0 Å². The Kier molecular flexibility index (Phi) is 4.26. The summed E-state index contributed by atoms with van der Waals surface area (Å²) >= 11 is 0. The van der Waals surface area contributed by atoms with E-state index in [4.69, 9.17) is 9.47 Å². The van der Waals surface area contributed by atoms with Gasteiger partial charge in [-0.15, -0.1) is 0 Å². The van der Waals surface area contributed by atoms with Crippen molar-refractivity contribution in [2.75, 3.05) is 13.7 Å². The van der Waals surface area contributed by atoms with Gasteiger partial charge in [0.1, 0.15) is 23.1 Å². The molecule has 140 valence electrons. The minimum atomic E-state index is -0.745. The molecule has 7 nitrogen and oxygen atoms in total. The van der Waals surface area contributed by atoms with Gasteiger partial charge in [-0.3, -0.25) is 10.1 Å². The second kappa shape index (κ2) is 6.46. The average molecular weight is 359 g/mol. The van der Waals surface area contributed by atoms with Crippen molar-refractivity contribution in [2.45, 2.75) is 50.8 Å². The van der Waals surface area contributed by atoms with Crippen LogP contribution in [0.4, 0.5) is 4.79 Å². The molecule has 0 aromatic heterocycles. The van der Waals surface area contributed by atoms with Crippen LogP contribution in [-0.4, -0.2) is 37.2 Å². The van der Waals surface area contributed by atoms with E-state index >= 15 is 0 Å². The normalized spacial score (nSPS) is 29.5. The quantitative estimate of drug-likeness (QED) is 0.693. The van der Waals surface area contributed by atoms with E-state index in [1.54, 1.807) is 7.11 Å². The highest BCUT2D eigenvalue weighted by Crippen LogP contribution is 2.38. The average Bonchev–Trinajstić information content (AvgIpc) is 3.25. The second-order valence-electron chi connectivity index (χ2n) is 7.51. The molecule has 1 spiro atoms. The van der Waals surface area contributed by atoms with Crippen molar-refractivity contribution in [1.82, 2.24) is 16.0 Å². The summed E-state index contributed by atoms with van der Waals surface area (Å²) in [5, 5.41) is 8.71. The van der Waals surface area contributed by atoms with Gasteiger partial charge in [-0.2, -0.15) is 0 Å². The molecule has 2 fully saturated rings. The van der Waals surface area contributed by atoms with Crippen molar-refractivity contribution in [3.8, 4) is 11.5 Å². The minimum Gasteiger partial charge on any atom is -0.497 e. The monoisotopic (exact) mass is 359 g/mol. The first-order valence-electron chi connectivity index (χ1n) is 9.22. The summed E-state index contributed by atoms with van der Waals surface area (Å²) in [6.07, 6.45) is 3.62. The Morgan fingerprint density at radius 2 is 2.23 bits per heavy atom. The smallest absolute Gasteiger partial charge is 0.322 e. The van der Waals surface area contributed by atoms with Gasteiger partial charge in [0.25, 0.3) is 5.91 Å². The highest BCUT2D eigenvalue weighted by atomic mass is 16.5. The Morgan fingerprint density at radius 3 is 2.96 bits per heavy atom. The fraction of sp³-hybridized carbons (Fsp3) is 0.579. The van der Waals surface area contributed by atoms with Crippen LogP contribution in [0.2, 0.25) is 0 Å². The molecule has 3 atom stereocenters. The molecule has 0 bridgehead atoms. The molecule has 1 aromatic carbocycles. The van der Waals surface area contributed by atoms with E-state index in [1.165, 1.54) is 5.56 Å². The van der Waals surface area contributed by atoms with Crippen LogP contribution in [0.3, 0.4) is 0 Å². The summed E-state index contributed by atoms with van der Waals surface area (Å²) < 4.78 is 11.4. The minimum absolute atomic E-state index is 0.0902. The molecule has 1 saturated heterocycles. The van der Waals surface area contributed by atoms with Gasteiger partial charge < -0.3 is 20.1 Å². The first-order valence-corrected chi connectivity index (χ1v) is 9.22. The summed E-state index contributed by atoms with van der Waals surface area (Å²) in [5.74, 6) is 1.68. The summed E-state index contributed by atoms with van der Waals surface area (Å²) in [4.78, 5) is 23.9. The fourth-order valence-electron chi connectivity index (χ4n) is 4.53. The Balaban J connectivity index is 1.45. The van der Waals surface area contributed by atoms with Crippen molar-refractivity contribution >= 4 is 11.9 Å². The van der Waals surface area contributed by atoms with Gasteiger partial charge in [0.05, 0.1) is 7.11 Å². The number of hydrogen-bond acceptors (Lipinski definition) is 5. The number of carbonyl (C=O) groups is 2. The van der Waals surface area contributed by atoms with Crippen LogP contribution in [0.25, 0.3) is 0 Å². The Bertz CT molecular complexity index is 751. The van der Waals surface area contributed by atoms with Crippen LogP contribution in [0.1, 0.15) is 37.3 Å². The molecular formula is C19H25N3O4. The molecule has 2 heterocycles. The summed E-state index contributed by atoms with van der Waals surface area (Å²) in [6.45, 7) is 3.36. The van der Waals surface area contributed by atoms with Crippen molar-refractivity contribution in [1.29, 1.82) is 0 Å². The van der Waals surface area contributed by atoms with Crippen LogP contribution in [0, 0.1) is 5.92 Å². The predicted molar refractivity (Wildman–Crippen MR) is 95.2 cm³/mol. The third kappa shape index (κ3) is 2.80. The number of methoxy groups -OCH3 is 1. The Labute approximate surface area is 152 Å². The topological polar surface area (TPSA) is 88.7 Å². The van der Waals surface area contributed by atoms with E-state index in [0.29, 0.717) is 19.5 Å². The lowest BCUT2D eigenvalue weighted by Gasteiger charge is -2.28. The van der Waals surface area contributed by atoms with Crippen molar-refractivity contribution in [3.63, 3.8) is 0 Å². The van der Waals surface area contributed by atoms with Gasteiger partial charge in [-0.25, -0.2) is 4.79 Å². The van der Waals surface area contributed by atoms with E-state index < -0.39 is 5.54 Å². The van der Waals surface area contributed by atoms with E-state index in [0.717, 1.165) is 36.3 Å².